The number of nitrogens with one attached hydrogen (secondary N) is 1. The number of sulfonamides is 1. The number of hydrogen-bond donors (Lipinski definition) is 1. The van der Waals surface area contributed by atoms with Crippen molar-refractivity contribution < 1.29 is 8.42 Å². The van der Waals surface area contributed by atoms with Crippen molar-refractivity contribution in [1.29, 1.82) is 0 Å². The summed E-state index contributed by atoms with van der Waals surface area (Å²) in [4.78, 5) is 10.9. The summed E-state index contributed by atoms with van der Waals surface area (Å²) >= 11 is 0. The topological polar surface area (TPSA) is 95.1 Å². The van der Waals surface area contributed by atoms with Gasteiger partial charge in [0.2, 0.25) is 10.0 Å². The first-order valence-electron chi connectivity index (χ1n) is 9.01. The third kappa shape index (κ3) is 2.96. The fourth-order valence-electron chi connectivity index (χ4n) is 4.23. The van der Waals surface area contributed by atoms with Crippen molar-refractivity contribution in [2.24, 2.45) is 11.8 Å². The summed E-state index contributed by atoms with van der Waals surface area (Å²) in [5, 5.41) is 7.83. The van der Waals surface area contributed by atoms with Gasteiger partial charge in [0, 0.05) is 26.2 Å². The number of H-pyrrole nitrogens is 1. The largest absolute Gasteiger partial charge is 0.355 e. The van der Waals surface area contributed by atoms with Gasteiger partial charge in [-0.3, -0.25) is 5.10 Å². The molecule has 2 aliphatic heterocycles. The molecule has 2 aromatic heterocycles. The molecule has 0 radical (unpaired) electrons. The van der Waals surface area contributed by atoms with Gasteiger partial charge in [-0.15, -0.1) is 0 Å². The lowest BCUT2D eigenvalue weighted by molar-refractivity contribution is 0.452. The first kappa shape index (κ1) is 16.6. The van der Waals surface area contributed by atoms with E-state index in [9.17, 15) is 8.42 Å². The molecule has 1 N–H and O–H groups in total. The first-order valence-corrected chi connectivity index (χ1v) is 10.6. The Morgan fingerprint density at radius 3 is 2.52 bits per heavy atom. The Bertz CT molecular complexity index is 1050. The average Bonchev–Trinajstić information content (AvgIpc) is 3.36. The van der Waals surface area contributed by atoms with Crippen molar-refractivity contribution in [1.82, 2.24) is 24.5 Å². The maximum atomic E-state index is 12.8. The fraction of sp³-hybridized carbons (Fsp3) is 0.389. The number of aromatic nitrogens is 4. The molecule has 140 valence electrons. The van der Waals surface area contributed by atoms with Crippen molar-refractivity contribution in [3.8, 4) is 0 Å². The van der Waals surface area contributed by atoms with E-state index in [0.29, 0.717) is 24.9 Å². The molecule has 4 heterocycles. The molecular weight excluding hydrogens is 364 g/mol. The molecule has 2 fully saturated rings. The molecule has 9 heteroatoms. The van der Waals surface area contributed by atoms with Gasteiger partial charge in [-0.25, -0.2) is 22.7 Å². The highest BCUT2D eigenvalue weighted by atomic mass is 32.2. The summed E-state index contributed by atoms with van der Waals surface area (Å²) in [6, 6.07) is 9.37. The van der Waals surface area contributed by atoms with E-state index in [-0.39, 0.29) is 5.75 Å². The second kappa shape index (κ2) is 6.28. The lowest BCUT2D eigenvalue weighted by Gasteiger charge is -2.22. The molecule has 27 heavy (non-hydrogen) atoms. The van der Waals surface area contributed by atoms with Gasteiger partial charge < -0.3 is 4.90 Å². The van der Waals surface area contributed by atoms with Gasteiger partial charge in [-0.1, -0.05) is 30.3 Å². The number of fused-ring (bicyclic) bond motifs is 2. The summed E-state index contributed by atoms with van der Waals surface area (Å²) in [6.07, 6.45) is 3.29. The van der Waals surface area contributed by atoms with Crippen LogP contribution in [0.3, 0.4) is 0 Å². The Balaban J connectivity index is 1.30. The van der Waals surface area contributed by atoms with E-state index in [0.717, 1.165) is 35.5 Å². The minimum atomic E-state index is -3.29. The summed E-state index contributed by atoms with van der Waals surface area (Å²) in [5.41, 5.74) is 1.56. The molecular formula is C18H20N6O2S. The first-order chi connectivity index (χ1) is 13.1. The van der Waals surface area contributed by atoms with Crippen LogP contribution < -0.4 is 4.90 Å². The number of anilines is 1. The van der Waals surface area contributed by atoms with Crippen LogP contribution in [-0.2, 0) is 15.8 Å². The molecule has 3 aromatic rings. The molecule has 0 amide bonds. The Morgan fingerprint density at radius 1 is 1.04 bits per heavy atom. The molecule has 1 aromatic carbocycles. The average molecular weight is 384 g/mol. The summed E-state index contributed by atoms with van der Waals surface area (Å²) in [6.45, 7) is 2.77. The molecule has 8 nitrogen and oxygen atoms in total. The maximum absolute atomic E-state index is 12.8. The molecule has 2 saturated heterocycles. The number of hydrogen-bond acceptors (Lipinski definition) is 6. The van der Waals surface area contributed by atoms with Crippen LogP contribution in [0.1, 0.15) is 5.56 Å². The molecule has 0 aliphatic carbocycles. The van der Waals surface area contributed by atoms with E-state index in [1.54, 1.807) is 16.8 Å². The minimum Gasteiger partial charge on any atom is -0.355 e. The van der Waals surface area contributed by atoms with Crippen LogP contribution in [-0.4, -0.2) is 59.1 Å². The highest BCUT2D eigenvalue weighted by Crippen LogP contribution is 2.36. The smallest absolute Gasteiger partial charge is 0.218 e. The van der Waals surface area contributed by atoms with Gasteiger partial charge in [0.25, 0.3) is 0 Å². The number of nitrogens with zero attached hydrogens (tertiary/aromatic N) is 5. The molecule has 0 saturated carbocycles. The highest BCUT2D eigenvalue weighted by Gasteiger charge is 2.44. The monoisotopic (exact) mass is 384 g/mol. The number of rotatable bonds is 4. The van der Waals surface area contributed by atoms with Crippen LogP contribution in [0.25, 0.3) is 11.0 Å². The SMILES string of the molecule is O=S(=O)(Cc1ccccc1)N1CC2CN(c3ncnc4[nH]ncc34)CC2C1. The predicted octanol–water partition coefficient (Wildman–Crippen LogP) is 1.25. The minimum absolute atomic E-state index is 0.0680. The van der Waals surface area contributed by atoms with Gasteiger partial charge in [0.15, 0.2) is 5.65 Å². The lowest BCUT2D eigenvalue weighted by Crippen LogP contribution is -2.34. The molecule has 2 unspecified atom stereocenters. The van der Waals surface area contributed by atoms with E-state index in [4.69, 9.17) is 0 Å². The van der Waals surface area contributed by atoms with Crippen LogP contribution in [0.4, 0.5) is 5.82 Å². The van der Waals surface area contributed by atoms with Gasteiger partial charge in [0.1, 0.15) is 12.1 Å². The van der Waals surface area contributed by atoms with E-state index in [1.165, 1.54) is 0 Å². The Hall–Kier alpha value is -2.52. The predicted molar refractivity (Wildman–Crippen MR) is 102 cm³/mol. The molecule has 2 atom stereocenters. The zero-order chi connectivity index (χ0) is 18.4. The third-order valence-corrected chi connectivity index (χ3v) is 7.35. The standard InChI is InChI=1S/C18H20N6O2S/c25-27(26,11-13-4-2-1-3-5-13)24-9-14-7-23(8-15(14)10-24)18-16-6-21-22-17(16)19-12-20-18/h1-6,12,14-15H,7-11H2,(H,19,20,21,22). The maximum Gasteiger partial charge on any atom is 0.218 e. The van der Waals surface area contributed by atoms with Crippen LogP contribution in [0.5, 0.6) is 0 Å². The Labute approximate surface area is 157 Å². The quantitative estimate of drug-likeness (QED) is 0.727. The van der Waals surface area contributed by atoms with Gasteiger partial charge in [0.05, 0.1) is 17.3 Å². The second-order valence-corrected chi connectivity index (χ2v) is 9.28. The van der Waals surface area contributed by atoms with E-state index >= 15 is 0 Å². The molecule has 0 bridgehead atoms. The fourth-order valence-corrected chi connectivity index (χ4v) is 5.86. The van der Waals surface area contributed by atoms with Crippen molar-refractivity contribution in [3.63, 3.8) is 0 Å². The van der Waals surface area contributed by atoms with Crippen molar-refractivity contribution in [3.05, 3.63) is 48.4 Å². The van der Waals surface area contributed by atoms with Crippen molar-refractivity contribution in [2.45, 2.75) is 5.75 Å². The van der Waals surface area contributed by atoms with E-state index in [2.05, 4.69) is 25.1 Å². The summed E-state index contributed by atoms with van der Waals surface area (Å²) in [7, 11) is -3.29. The highest BCUT2D eigenvalue weighted by molar-refractivity contribution is 7.88. The van der Waals surface area contributed by atoms with Crippen LogP contribution >= 0.6 is 0 Å². The van der Waals surface area contributed by atoms with E-state index < -0.39 is 10.0 Å². The molecule has 2 aliphatic rings. The number of aromatic amines is 1. The van der Waals surface area contributed by atoms with Crippen molar-refractivity contribution in [2.75, 3.05) is 31.1 Å². The Kier molecular flexibility index (Phi) is 3.87. The zero-order valence-corrected chi connectivity index (χ0v) is 15.5. The van der Waals surface area contributed by atoms with Crippen molar-refractivity contribution >= 4 is 26.9 Å². The van der Waals surface area contributed by atoms with Crippen LogP contribution in [0, 0.1) is 11.8 Å². The summed E-state index contributed by atoms with van der Waals surface area (Å²) < 4.78 is 27.3. The number of benzene rings is 1. The lowest BCUT2D eigenvalue weighted by atomic mass is 10.0. The Morgan fingerprint density at radius 2 is 1.78 bits per heavy atom. The van der Waals surface area contributed by atoms with E-state index in [1.807, 2.05) is 30.3 Å². The van der Waals surface area contributed by atoms with Crippen LogP contribution in [0.15, 0.2) is 42.9 Å². The molecule has 5 rings (SSSR count). The van der Waals surface area contributed by atoms with Gasteiger partial charge in [-0.05, 0) is 17.4 Å². The normalized spacial score (nSPS) is 23.2. The third-order valence-electron chi connectivity index (χ3n) is 5.56. The molecule has 0 spiro atoms. The van der Waals surface area contributed by atoms with Crippen LogP contribution in [0.2, 0.25) is 0 Å². The summed E-state index contributed by atoms with van der Waals surface area (Å²) in [5.74, 6) is 1.60. The van der Waals surface area contributed by atoms with Gasteiger partial charge >= 0.3 is 0 Å². The van der Waals surface area contributed by atoms with Gasteiger partial charge in [-0.2, -0.15) is 5.10 Å². The second-order valence-electron chi connectivity index (χ2n) is 7.31. The zero-order valence-electron chi connectivity index (χ0n) is 14.7.